The van der Waals surface area contributed by atoms with Crippen LogP contribution in [0.3, 0.4) is 0 Å². The lowest BCUT2D eigenvalue weighted by molar-refractivity contribution is -0.105. The van der Waals surface area contributed by atoms with Crippen LogP contribution in [-0.4, -0.2) is 26.8 Å². The molecular weight excluding hydrogens is 506 g/mol. The highest BCUT2D eigenvalue weighted by molar-refractivity contribution is 8.04. The first kappa shape index (κ1) is 28.1. The molecule has 0 radical (unpaired) electrons. The average Bonchev–Trinajstić information content (AvgIpc) is 2.86. The molecule has 0 spiro atoms. The van der Waals surface area contributed by atoms with E-state index in [0.717, 1.165) is 11.1 Å². The molecule has 0 amide bonds. The molecule has 0 atom stereocenters. The Bertz CT molecular complexity index is 1460. The molecule has 37 heavy (non-hydrogen) atoms. The number of carbonyl (C=O) groups excluding carboxylic acids is 1. The predicted octanol–water partition coefficient (Wildman–Crippen LogP) is 5.94. The van der Waals surface area contributed by atoms with Crippen LogP contribution in [-0.2, 0) is 30.3 Å². The number of rotatable bonds is 8. The maximum atomic E-state index is 13.9. The van der Waals surface area contributed by atoms with Gasteiger partial charge >= 0.3 is 0 Å². The molecule has 0 fully saturated rings. The summed E-state index contributed by atoms with van der Waals surface area (Å²) in [5.74, 6) is 0. The summed E-state index contributed by atoms with van der Waals surface area (Å²) in [6, 6.07) is 21.7. The zero-order chi connectivity index (χ0) is 27.4. The van der Waals surface area contributed by atoms with E-state index in [1.807, 2.05) is 12.1 Å². The highest BCUT2D eigenvalue weighted by Gasteiger charge is 2.39. The van der Waals surface area contributed by atoms with E-state index in [1.165, 1.54) is 48.5 Å². The molecule has 0 heterocycles. The fourth-order valence-electron chi connectivity index (χ4n) is 3.71. The van der Waals surface area contributed by atoms with Gasteiger partial charge in [0, 0.05) is 5.57 Å². The van der Waals surface area contributed by atoms with E-state index in [0.29, 0.717) is 5.56 Å². The van der Waals surface area contributed by atoms with Crippen LogP contribution in [0.25, 0.3) is 5.57 Å². The molecule has 3 aromatic carbocycles. The van der Waals surface area contributed by atoms with Crippen LogP contribution in [0.4, 0.5) is 0 Å². The highest BCUT2D eigenvalue weighted by atomic mass is 32.3. The van der Waals surface area contributed by atoms with Crippen molar-refractivity contribution < 1.29 is 21.6 Å². The molecule has 3 rings (SSSR count). The molecule has 0 bridgehead atoms. The molecule has 6 nitrogen and oxygen atoms in total. The van der Waals surface area contributed by atoms with Crippen LogP contribution in [0.15, 0.2) is 112 Å². The largest absolute Gasteiger partial charge is 0.296 e. The Hall–Kier alpha value is -3.49. The molecule has 0 unspecified atom stereocenters. The molecule has 0 saturated heterocycles. The van der Waals surface area contributed by atoms with Gasteiger partial charge in [0.05, 0.1) is 9.79 Å². The maximum absolute atomic E-state index is 13.9. The summed E-state index contributed by atoms with van der Waals surface area (Å²) in [5, 5.41) is 0. The van der Waals surface area contributed by atoms with Gasteiger partial charge in [-0.1, -0.05) is 93.1 Å². The standard InChI is InChI=1S/C29H31NO5S2/c1-22(2)20-27(23-16-18-24(19-17-23)29(3,4)5)28(21-31)30(36(32,33)25-12-8-6-9-13-25)37(34,35)26-14-10-7-11-15-26/h6-21H,1-5H3/b28-27+. The van der Waals surface area contributed by atoms with E-state index in [-0.39, 0.29) is 30.8 Å². The molecular formula is C29H31NO5S2. The van der Waals surface area contributed by atoms with Crippen molar-refractivity contribution in [2.45, 2.75) is 49.8 Å². The summed E-state index contributed by atoms with van der Waals surface area (Å²) < 4.78 is 55.8. The number of allylic oxidation sites excluding steroid dienone is 4. The Morgan fingerprint density at radius 1 is 0.703 bits per heavy atom. The number of nitrogens with zero attached hydrogens (tertiary/aromatic N) is 1. The van der Waals surface area contributed by atoms with Gasteiger partial charge in [0.2, 0.25) is 0 Å². The summed E-state index contributed by atoms with van der Waals surface area (Å²) in [4.78, 5) is 12.2. The minimum Gasteiger partial charge on any atom is -0.296 e. The number of hydrogen-bond acceptors (Lipinski definition) is 5. The van der Waals surface area contributed by atoms with Crippen LogP contribution >= 0.6 is 0 Å². The van der Waals surface area contributed by atoms with Gasteiger partial charge in [-0.3, -0.25) is 4.79 Å². The zero-order valence-corrected chi connectivity index (χ0v) is 23.2. The van der Waals surface area contributed by atoms with Gasteiger partial charge in [-0.25, -0.2) is 16.8 Å². The topological polar surface area (TPSA) is 88.6 Å². The third-order valence-corrected chi connectivity index (χ3v) is 9.78. The third kappa shape index (κ3) is 6.09. The van der Waals surface area contributed by atoms with Gasteiger partial charge in [0.1, 0.15) is 5.70 Å². The van der Waals surface area contributed by atoms with Crippen molar-refractivity contribution in [3.8, 4) is 0 Å². The highest BCUT2D eigenvalue weighted by Crippen LogP contribution is 2.34. The summed E-state index contributed by atoms with van der Waals surface area (Å²) in [6.07, 6.45) is 1.90. The molecule has 0 aliphatic rings. The number of sulfonamides is 2. The fourth-order valence-corrected chi connectivity index (χ4v) is 7.45. The molecule has 0 N–H and O–H groups in total. The van der Waals surface area contributed by atoms with Gasteiger partial charge in [0.25, 0.3) is 20.0 Å². The summed E-state index contributed by atoms with van der Waals surface area (Å²) in [6.45, 7) is 9.76. The molecule has 0 aliphatic heterocycles. The molecule has 0 aromatic heterocycles. The van der Waals surface area contributed by atoms with E-state index >= 15 is 0 Å². The Morgan fingerprint density at radius 2 is 1.14 bits per heavy atom. The second kappa shape index (κ2) is 10.9. The quantitative estimate of drug-likeness (QED) is 0.202. The summed E-state index contributed by atoms with van der Waals surface area (Å²) >= 11 is 0. The minimum atomic E-state index is -4.71. The zero-order valence-electron chi connectivity index (χ0n) is 21.5. The van der Waals surface area contributed by atoms with Crippen LogP contribution in [0, 0.1) is 0 Å². The number of benzene rings is 3. The monoisotopic (exact) mass is 537 g/mol. The third-order valence-electron chi connectivity index (χ3n) is 5.60. The van der Waals surface area contributed by atoms with Crippen molar-refractivity contribution >= 4 is 31.9 Å². The Morgan fingerprint density at radius 3 is 1.49 bits per heavy atom. The van der Waals surface area contributed by atoms with Crippen LogP contribution in [0.2, 0.25) is 0 Å². The summed E-state index contributed by atoms with van der Waals surface area (Å²) in [7, 11) is -9.42. The van der Waals surface area contributed by atoms with Crippen molar-refractivity contribution in [2.75, 3.05) is 0 Å². The molecule has 0 saturated carbocycles. The smallest absolute Gasteiger partial charge is 0.277 e. The first-order valence-corrected chi connectivity index (χ1v) is 14.5. The van der Waals surface area contributed by atoms with E-state index in [9.17, 15) is 21.6 Å². The minimum absolute atomic E-state index is 0.133. The van der Waals surface area contributed by atoms with Gasteiger partial charge in [-0.05, 0) is 54.7 Å². The lowest BCUT2D eigenvalue weighted by Gasteiger charge is -2.26. The van der Waals surface area contributed by atoms with Crippen LogP contribution in [0.5, 0.6) is 0 Å². The Labute approximate surface area is 220 Å². The average molecular weight is 538 g/mol. The summed E-state index contributed by atoms with van der Waals surface area (Å²) in [5.41, 5.74) is 1.83. The normalized spacial score (nSPS) is 12.9. The molecule has 3 aromatic rings. The van der Waals surface area contributed by atoms with E-state index in [4.69, 9.17) is 0 Å². The van der Waals surface area contributed by atoms with Crippen molar-refractivity contribution in [3.63, 3.8) is 0 Å². The van der Waals surface area contributed by atoms with Gasteiger partial charge in [-0.2, -0.15) is 3.71 Å². The number of carbonyl (C=O) groups is 1. The lowest BCUT2D eigenvalue weighted by atomic mass is 9.86. The molecule has 0 aliphatic carbocycles. The van der Waals surface area contributed by atoms with Crippen molar-refractivity contribution in [3.05, 3.63) is 113 Å². The van der Waals surface area contributed by atoms with Crippen molar-refractivity contribution in [1.29, 1.82) is 0 Å². The Kier molecular flexibility index (Phi) is 8.25. The first-order chi connectivity index (χ1) is 17.3. The van der Waals surface area contributed by atoms with Gasteiger partial charge < -0.3 is 0 Å². The number of aldehydes is 1. The van der Waals surface area contributed by atoms with Crippen LogP contribution < -0.4 is 0 Å². The second-order valence-corrected chi connectivity index (χ2v) is 13.6. The Balaban J connectivity index is 2.43. The van der Waals surface area contributed by atoms with Crippen LogP contribution in [0.1, 0.15) is 45.7 Å². The van der Waals surface area contributed by atoms with E-state index in [1.54, 1.807) is 44.2 Å². The molecule has 8 heteroatoms. The fraction of sp³-hybridized carbons (Fsp3) is 0.207. The number of hydrogen-bond donors (Lipinski definition) is 0. The lowest BCUT2D eigenvalue weighted by Crippen LogP contribution is -2.37. The van der Waals surface area contributed by atoms with Gasteiger partial charge in [0.15, 0.2) is 6.29 Å². The van der Waals surface area contributed by atoms with Gasteiger partial charge in [-0.15, -0.1) is 0 Å². The molecule has 194 valence electrons. The first-order valence-electron chi connectivity index (χ1n) is 11.7. The SMILES string of the molecule is CC(C)=C/C(=C(/C=O)N(S(=O)(=O)c1ccccc1)S(=O)(=O)c1ccccc1)c1ccc(C(C)(C)C)cc1. The maximum Gasteiger partial charge on any atom is 0.277 e. The van der Waals surface area contributed by atoms with E-state index in [2.05, 4.69) is 20.8 Å². The van der Waals surface area contributed by atoms with E-state index < -0.39 is 25.7 Å². The second-order valence-electron chi connectivity index (χ2n) is 9.80. The van der Waals surface area contributed by atoms with Crippen molar-refractivity contribution in [2.24, 2.45) is 0 Å². The predicted molar refractivity (Wildman–Crippen MR) is 147 cm³/mol. The van der Waals surface area contributed by atoms with Crippen molar-refractivity contribution in [1.82, 2.24) is 3.71 Å².